The fraction of sp³-hybridized carbons (Fsp3) is 0.312. The molecule has 1 aromatic carbocycles. The predicted molar refractivity (Wildman–Crippen MR) is 82.3 cm³/mol. The quantitative estimate of drug-likeness (QED) is 0.827. The zero-order valence-corrected chi connectivity index (χ0v) is 12.3. The number of aromatic nitrogens is 3. The van der Waals surface area contributed by atoms with Crippen molar-refractivity contribution in [2.45, 2.75) is 26.4 Å². The Morgan fingerprint density at radius 3 is 2.52 bits per heavy atom. The first-order valence-corrected chi connectivity index (χ1v) is 7.03. The van der Waals surface area contributed by atoms with Crippen LogP contribution in [-0.4, -0.2) is 26.9 Å². The van der Waals surface area contributed by atoms with Gasteiger partial charge < -0.3 is 5.32 Å². The van der Waals surface area contributed by atoms with Crippen LogP contribution in [0.25, 0.3) is 6.08 Å². The third kappa shape index (κ3) is 4.87. The van der Waals surface area contributed by atoms with E-state index in [0.717, 1.165) is 5.56 Å². The molecule has 0 fully saturated rings. The Morgan fingerprint density at radius 1 is 1.24 bits per heavy atom. The predicted octanol–water partition coefficient (Wildman–Crippen LogP) is 2.13. The third-order valence-corrected chi connectivity index (χ3v) is 3.19. The third-order valence-electron chi connectivity index (χ3n) is 3.19. The normalized spacial score (nSPS) is 12.7. The van der Waals surface area contributed by atoms with Gasteiger partial charge in [-0.3, -0.25) is 4.79 Å². The van der Waals surface area contributed by atoms with Crippen molar-refractivity contribution in [2.75, 3.05) is 0 Å². The minimum atomic E-state index is -0.107. The van der Waals surface area contributed by atoms with Gasteiger partial charge in [0, 0.05) is 6.08 Å². The highest BCUT2D eigenvalue weighted by Gasteiger charge is 2.16. The van der Waals surface area contributed by atoms with Gasteiger partial charge in [0.15, 0.2) is 0 Å². The van der Waals surface area contributed by atoms with E-state index in [4.69, 9.17) is 0 Å². The Balaban J connectivity index is 1.93. The van der Waals surface area contributed by atoms with Crippen LogP contribution in [0.5, 0.6) is 0 Å². The van der Waals surface area contributed by atoms with Crippen LogP contribution in [0.15, 0.2) is 48.8 Å². The smallest absolute Gasteiger partial charge is 0.244 e. The van der Waals surface area contributed by atoms with E-state index < -0.39 is 0 Å². The van der Waals surface area contributed by atoms with E-state index in [-0.39, 0.29) is 11.9 Å². The highest BCUT2D eigenvalue weighted by molar-refractivity contribution is 5.91. The van der Waals surface area contributed by atoms with Gasteiger partial charge in [0.25, 0.3) is 0 Å². The molecule has 0 aliphatic carbocycles. The molecule has 0 aliphatic rings. The molecule has 0 saturated carbocycles. The fourth-order valence-electron chi connectivity index (χ4n) is 1.90. The Hall–Kier alpha value is -2.43. The number of nitrogens with zero attached hydrogens (tertiary/aromatic N) is 3. The molecule has 0 spiro atoms. The molecule has 110 valence electrons. The average Bonchev–Trinajstić information content (AvgIpc) is 2.98. The van der Waals surface area contributed by atoms with Crippen LogP contribution in [0, 0.1) is 5.92 Å². The number of rotatable bonds is 6. The Bertz CT molecular complexity index is 576. The van der Waals surface area contributed by atoms with E-state index in [1.807, 2.05) is 30.3 Å². The molecule has 1 N–H and O–H groups in total. The molecule has 0 saturated heterocycles. The summed E-state index contributed by atoms with van der Waals surface area (Å²) < 4.78 is 0. The van der Waals surface area contributed by atoms with Gasteiger partial charge in [0.2, 0.25) is 5.91 Å². The topological polar surface area (TPSA) is 59.8 Å². The van der Waals surface area contributed by atoms with Crippen molar-refractivity contribution in [3.05, 3.63) is 54.4 Å². The van der Waals surface area contributed by atoms with Crippen LogP contribution < -0.4 is 5.32 Å². The Kier molecular flexibility index (Phi) is 5.26. The number of nitrogens with one attached hydrogen (secondary N) is 1. The first-order valence-electron chi connectivity index (χ1n) is 7.03. The van der Waals surface area contributed by atoms with Crippen molar-refractivity contribution in [3.63, 3.8) is 0 Å². The van der Waals surface area contributed by atoms with Crippen LogP contribution in [0.2, 0.25) is 0 Å². The molecule has 2 rings (SSSR count). The fourth-order valence-corrected chi connectivity index (χ4v) is 1.90. The zero-order valence-electron chi connectivity index (χ0n) is 12.3. The molecule has 0 bridgehead atoms. The van der Waals surface area contributed by atoms with Gasteiger partial charge in [-0.1, -0.05) is 44.2 Å². The summed E-state index contributed by atoms with van der Waals surface area (Å²) in [4.78, 5) is 13.6. The van der Waals surface area contributed by atoms with Gasteiger partial charge in [0.05, 0.1) is 25.0 Å². The van der Waals surface area contributed by atoms with E-state index in [0.29, 0.717) is 12.5 Å². The summed E-state index contributed by atoms with van der Waals surface area (Å²) in [5, 5.41) is 11.1. The monoisotopic (exact) mass is 284 g/mol. The summed E-state index contributed by atoms with van der Waals surface area (Å²) in [6.45, 7) is 4.69. The lowest BCUT2D eigenvalue weighted by Gasteiger charge is -2.20. The number of benzene rings is 1. The maximum absolute atomic E-state index is 12.0. The van der Waals surface area contributed by atoms with Crippen molar-refractivity contribution < 1.29 is 4.79 Å². The molecule has 1 atom stereocenters. The molecular formula is C16H20N4O. The van der Waals surface area contributed by atoms with E-state index in [1.54, 1.807) is 29.3 Å². The summed E-state index contributed by atoms with van der Waals surface area (Å²) >= 11 is 0. The first-order chi connectivity index (χ1) is 10.1. The van der Waals surface area contributed by atoms with E-state index in [1.165, 1.54) is 0 Å². The maximum Gasteiger partial charge on any atom is 0.244 e. The summed E-state index contributed by atoms with van der Waals surface area (Å²) in [6.07, 6.45) is 6.63. The van der Waals surface area contributed by atoms with Crippen molar-refractivity contribution in [1.29, 1.82) is 0 Å². The Morgan fingerprint density at radius 2 is 1.90 bits per heavy atom. The molecular weight excluding hydrogens is 264 g/mol. The van der Waals surface area contributed by atoms with E-state index in [9.17, 15) is 4.79 Å². The highest BCUT2D eigenvalue weighted by atomic mass is 16.1. The summed E-state index contributed by atoms with van der Waals surface area (Å²) in [7, 11) is 0. The lowest BCUT2D eigenvalue weighted by Crippen LogP contribution is -2.41. The van der Waals surface area contributed by atoms with Gasteiger partial charge in [-0.2, -0.15) is 15.0 Å². The molecule has 2 aromatic rings. The molecule has 21 heavy (non-hydrogen) atoms. The summed E-state index contributed by atoms with van der Waals surface area (Å²) in [5.74, 6) is 0.190. The minimum Gasteiger partial charge on any atom is -0.348 e. The lowest BCUT2D eigenvalue weighted by molar-refractivity contribution is -0.117. The standard InChI is InChI=1S/C16H20N4O/c1-13(2)15(12-20-17-10-11-18-20)19-16(21)9-8-14-6-4-3-5-7-14/h3-11,13,15H,12H2,1-2H3,(H,19,21)/b9-8+. The first kappa shape index (κ1) is 15.0. The second kappa shape index (κ2) is 7.38. The molecule has 1 amide bonds. The Labute approximate surface area is 124 Å². The molecule has 1 heterocycles. The molecule has 0 aliphatic heterocycles. The second-order valence-corrected chi connectivity index (χ2v) is 5.19. The van der Waals surface area contributed by atoms with Gasteiger partial charge in [0.1, 0.15) is 0 Å². The number of amides is 1. The van der Waals surface area contributed by atoms with Crippen molar-refractivity contribution in [2.24, 2.45) is 5.92 Å². The van der Waals surface area contributed by atoms with E-state index in [2.05, 4.69) is 29.4 Å². The van der Waals surface area contributed by atoms with E-state index >= 15 is 0 Å². The van der Waals surface area contributed by atoms with Crippen LogP contribution in [-0.2, 0) is 11.3 Å². The number of hydrogen-bond acceptors (Lipinski definition) is 3. The average molecular weight is 284 g/mol. The largest absolute Gasteiger partial charge is 0.348 e. The number of hydrogen-bond donors (Lipinski definition) is 1. The molecule has 5 heteroatoms. The summed E-state index contributed by atoms with van der Waals surface area (Å²) in [5.41, 5.74) is 1.00. The van der Waals surface area contributed by atoms with Crippen molar-refractivity contribution >= 4 is 12.0 Å². The maximum atomic E-state index is 12.0. The van der Waals surface area contributed by atoms with Gasteiger partial charge in [-0.25, -0.2) is 0 Å². The van der Waals surface area contributed by atoms with Gasteiger partial charge in [-0.05, 0) is 17.6 Å². The van der Waals surface area contributed by atoms with Crippen LogP contribution in [0.1, 0.15) is 19.4 Å². The minimum absolute atomic E-state index is 0.00896. The van der Waals surface area contributed by atoms with Crippen molar-refractivity contribution in [1.82, 2.24) is 20.3 Å². The van der Waals surface area contributed by atoms with Gasteiger partial charge in [-0.15, -0.1) is 0 Å². The molecule has 1 unspecified atom stereocenters. The number of carbonyl (C=O) groups excluding carboxylic acids is 1. The second-order valence-electron chi connectivity index (χ2n) is 5.19. The zero-order chi connectivity index (χ0) is 15.1. The van der Waals surface area contributed by atoms with Crippen molar-refractivity contribution in [3.8, 4) is 0 Å². The van der Waals surface area contributed by atoms with Crippen LogP contribution in [0.4, 0.5) is 0 Å². The SMILES string of the molecule is CC(C)C(Cn1nccn1)NC(=O)/C=C/c1ccccc1. The summed E-state index contributed by atoms with van der Waals surface area (Å²) in [6, 6.07) is 9.73. The molecule has 0 radical (unpaired) electrons. The molecule has 5 nitrogen and oxygen atoms in total. The van der Waals surface area contributed by atoms with Gasteiger partial charge >= 0.3 is 0 Å². The number of carbonyl (C=O) groups is 1. The highest BCUT2D eigenvalue weighted by Crippen LogP contribution is 2.05. The lowest BCUT2D eigenvalue weighted by atomic mass is 10.0. The van der Waals surface area contributed by atoms with Crippen LogP contribution >= 0.6 is 0 Å². The van der Waals surface area contributed by atoms with Crippen LogP contribution in [0.3, 0.4) is 0 Å². The molecule has 1 aromatic heterocycles.